The number of nitrogens with zero attached hydrogens (tertiary/aromatic N) is 2. The minimum absolute atomic E-state index is 0.236. The molecule has 1 aliphatic rings. The standard InChI is InChI=1S/C14H14ClN3O2/c1-8-5-10-3-4-18(12(10)7-11(8)15)14(19)16-13-6-9(2)17-20-13/h5-7H,3-4H2,1-2H3,(H,16,19). The zero-order valence-corrected chi connectivity index (χ0v) is 12.0. The first-order valence-corrected chi connectivity index (χ1v) is 6.73. The lowest BCUT2D eigenvalue weighted by Crippen LogP contribution is -2.33. The zero-order chi connectivity index (χ0) is 14.3. The van der Waals surface area contributed by atoms with E-state index in [-0.39, 0.29) is 6.03 Å². The van der Waals surface area contributed by atoms with Gasteiger partial charge in [-0.2, -0.15) is 0 Å². The fraction of sp³-hybridized carbons (Fsp3) is 0.286. The Kier molecular flexibility index (Phi) is 3.14. The maximum atomic E-state index is 12.3. The lowest BCUT2D eigenvalue weighted by molar-refractivity contribution is 0.256. The third-order valence-electron chi connectivity index (χ3n) is 3.36. The summed E-state index contributed by atoms with van der Waals surface area (Å²) in [6.45, 7) is 4.39. The first-order valence-electron chi connectivity index (χ1n) is 6.35. The number of hydrogen-bond donors (Lipinski definition) is 1. The van der Waals surface area contributed by atoms with Gasteiger partial charge in [-0.25, -0.2) is 4.79 Å². The van der Waals surface area contributed by atoms with Crippen molar-refractivity contribution in [2.45, 2.75) is 20.3 Å². The molecule has 0 bridgehead atoms. The average Bonchev–Trinajstić information content (AvgIpc) is 2.97. The van der Waals surface area contributed by atoms with Crippen LogP contribution in [-0.4, -0.2) is 17.7 Å². The quantitative estimate of drug-likeness (QED) is 0.874. The Morgan fingerprint density at radius 2 is 2.20 bits per heavy atom. The SMILES string of the molecule is Cc1cc(NC(=O)N2CCc3cc(C)c(Cl)cc32)on1. The molecular formula is C14H14ClN3O2. The molecule has 2 amide bonds. The molecule has 1 aromatic carbocycles. The molecule has 2 heterocycles. The van der Waals surface area contributed by atoms with Crippen molar-refractivity contribution in [2.75, 3.05) is 16.8 Å². The first kappa shape index (κ1) is 13.0. The van der Waals surface area contributed by atoms with Gasteiger partial charge in [0, 0.05) is 17.6 Å². The van der Waals surface area contributed by atoms with Gasteiger partial charge in [0.15, 0.2) is 0 Å². The Labute approximate surface area is 121 Å². The molecule has 0 fully saturated rings. The van der Waals surface area contributed by atoms with Crippen molar-refractivity contribution in [2.24, 2.45) is 0 Å². The van der Waals surface area contributed by atoms with Crippen LogP contribution < -0.4 is 10.2 Å². The minimum Gasteiger partial charge on any atom is -0.338 e. The smallest absolute Gasteiger partial charge is 0.328 e. The molecule has 0 spiro atoms. The van der Waals surface area contributed by atoms with Crippen LogP contribution >= 0.6 is 11.6 Å². The van der Waals surface area contributed by atoms with Crippen molar-refractivity contribution in [3.63, 3.8) is 0 Å². The molecule has 104 valence electrons. The van der Waals surface area contributed by atoms with Crippen LogP contribution in [0.25, 0.3) is 0 Å². The maximum Gasteiger partial charge on any atom is 0.328 e. The summed E-state index contributed by atoms with van der Waals surface area (Å²) >= 11 is 6.14. The second-order valence-corrected chi connectivity index (χ2v) is 5.30. The summed E-state index contributed by atoms with van der Waals surface area (Å²) in [5.74, 6) is 0.346. The van der Waals surface area contributed by atoms with E-state index in [2.05, 4.69) is 10.5 Å². The number of anilines is 2. The molecule has 0 saturated heterocycles. The van der Waals surface area contributed by atoms with Gasteiger partial charge in [-0.1, -0.05) is 22.8 Å². The Morgan fingerprint density at radius 1 is 1.40 bits per heavy atom. The van der Waals surface area contributed by atoms with E-state index in [1.807, 2.05) is 19.1 Å². The van der Waals surface area contributed by atoms with Crippen molar-refractivity contribution in [3.8, 4) is 0 Å². The number of nitrogens with one attached hydrogen (secondary N) is 1. The highest BCUT2D eigenvalue weighted by atomic mass is 35.5. The van der Waals surface area contributed by atoms with Gasteiger partial charge in [-0.05, 0) is 37.5 Å². The number of benzene rings is 1. The summed E-state index contributed by atoms with van der Waals surface area (Å²) in [6.07, 6.45) is 0.830. The van der Waals surface area contributed by atoms with Crippen LogP contribution in [0, 0.1) is 13.8 Å². The van der Waals surface area contributed by atoms with Crippen molar-refractivity contribution >= 4 is 29.2 Å². The summed E-state index contributed by atoms with van der Waals surface area (Å²) < 4.78 is 4.99. The highest BCUT2D eigenvalue weighted by molar-refractivity contribution is 6.31. The topological polar surface area (TPSA) is 58.4 Å². The Hall–Kier alpha value is -2.01. The fourth-order valence-corrected chi connectivity index (χ4v) is 2.50. The molecule has 2 aromatic rings. The van der Waals surface area contributed by atoms with Gasteiger partial charge in [0.2, 0.25) is 5.88 Å². The fourth-order valence-electron chi connectivity index (χ4n) is 2.34. The summed E-state index contributed by atoms with van der Waals surface area (Å²) in [5, 5.41) is 7.10. The molecular weight excluding hydrogens is 278 g/mol. The second-order valence-electron chi connectivity index (χ2n) is 4.89. The van der Waals surface area contributed by atoms with Crippen LogP contribution in [0.15, 0.2) is 22.7 Å². The number of aromatic nitrogens is 1. The van der Waals surface area contributed by atoms with E-state index in [9.17, 15) is 4.79 Å². The summed E-state index contributed by atoms with van der Waals surface area (Å²) in [7, 11) is 0. The number of amides is 2. The monoisotopic (exact) mass is 291 g/mol. The van der Waals surface area contributed by atoms with Crippen LogP contribution in [0.4, 0.5) is 16.4 Å². The highest BCUT2D eigenvalue weighted by Gasteiger charge is 2.26. The number of urea groups is 1. The normalized spacial score (nSPS) is 13.4. The molecule has 0 saturated carbocycles. The van der Waals surface area contributed by atoms with Gasteiger partial charge in [-0.3, -0.25) is 10.2 Å². The summed E-state index contributed by atoms with van der Waals surface area (Å²) in [6, 6.07) is 5.31. The molecule has 0 aliphatic carbocycles. The molecule has 5 nitrogen and oxygen atoms in total. The molecule has 0 radical (unpaired) electrons. The molecule has 0 atom stereocenters. The van der Waals surface area contributed by atoms with Crippen molar-refractivity contribution < 1.29 is 9.32 Å². The zero-order valence-electron chi connectivity index (χ0n) is 11.2. The van der Waals surface area contributed by atoms with Gasteiger partial charge in [-0.15, -0.1) is 0 Å². The van der Waals surface area contributed by atoms with Crippen LogP contribution in [0.5, 0.6) is 0 Å². The van der Waals surface area contributed by atoms with Crippen LogP contribution in [0.2, 0.25) is 5.02 Å². The summed E-state index contributed by atoms with van der Waals surface area (Å²) in [4.78, 5) is 13.9. The first-order chi connectivity index (χ1) is 9.54. The molecule has 1 aliphatic heterocycles. The predicted molar refractivity (Wildman–Crippen MR) is 77.5 cm³/mol. The lowest BCUT2D eigenvalue weighted by Gasteiger charge is -2.17. The predicted octanol–water partition coefficient (Wildman–Crippen LogP) is 3.54. The number of carbonyl (C=O) groups is 1. The second kappa shape index (κ2) is 4.83. The average molecular weight is 292 g/mol. The number of rotatable bonds is 1. The van der Waals surface area contributed by atoms with E-state index >= 15 is 0 Å². The maximum absolute atomic E-state index is 12.3. The van der Waals surface area contributed by atoms with Crippen LogP contribution in [0.3, 0.4) is 0 Å². The summed E-state index contributed by atoms with van der Waals surface area (Å²) in [5.41, 5.74) is 3.74. The molecule has 6 heteroatoms. The molecule has 1 aromatic heterocycles. The van der Waals surface area contributed by atoms with Gasteiger partial charge < -0.3 is 4.52 Å². The van der Waals surface area contributed by atoms with Gasteiger partial charge in [0.05, 0.1) is 11.4 Å². The van der Waals surface area contributed by atoms with Crippen molar-refractivity contribution in [1.82, 2.24) is 5.16 Å². The van der Waals surface area contributed by atoms with E-state index in [1.165, 1.54) is 0 Å². The van der Waals surface area contributed by atoms with E-state index < -0.39 is 0 Å². The van der Waals surface area contributed by atoms with Crippen LogP contribution in [0.1, 0.15) is 16.8 Å². The third kappa shape index (κ3) is 2.25. The van der Waals surface area contributed by atoms with E-state index in [1.54, 1.807) is 17.9 Å². The number of aryl methyl sites for hydroxylation is 2. The lowest BCUT2D eigenvalue weighted by atomic mass is 10.1. The number of hydrogen-bond acceptors (Lipinski definition) is 3. The van der Waals surface area contributed by atoms with Crippen molar-refractivity contribution in [3.05, 3.63) is 40.0 Å². The third-order valence-corrected chi connectivity index (χ3v) is 3.77. The van der Waals surface area contributed by atoms with Crippen molar-refractivity contribution in [1.29, 1.82) is 0 Å². The minimum atomic E-state index is -0.236. The van der Waals surface area contributed by atoms with Gasteiger partial charge in [0.1, 0.15) is 0 Å². The molecule has 3 rings (SSSR count). The Bertz CT molecular complexity index is 681. The largest absolute Gasteiger partial charge is 0.338 e. The van der Waals surface area contributed by atoms with Gasteiger partial charge >= 0.3 is 6.03 Å². The highest BCUT2D eigenvalue weighted by Crippen LogP contribution is 2.33. The number of fused-ring (bicyclic) bond motifs is 1. The molecule has 0 unspecified atom stereocenters. The Balaban J connectivity index is 1.83. The van der Waals surface area contributed by atoms with E-state index in [0.717, 1.165) is 28.9 Å². The number of halogens is 1. The van der Waals surface area contributed by atoms with Gasteiger partial charge in [0.25, 0.3) is 0 Å². The van der Waals surface area contributed by atoms with E-state index in [0.29, 0.717) is 17.5 Å². The van der Waals surface area contributed by atoms with E-state index in [4.69, 9.17) is 16.1 Å². The Morgan fingerprint density at radius 3 is 2.90 bits per heavy atom. The molecule has 1 N–H and O–H groups in total. The van der Waals surface area contributed by atoms with Crippen LogP contribution in [-0.2, 0) is 6.42 Å². The number of carbonyl (C=O) groups excluding carboxylic acids is 1. The molecule has 20 heavy (non-hydrogen) atoms.